The molecule has 2 N–H and O–H groups in total. The quantitative estimate of drug-likeness (QED) is 0.120. The molecule has 0 aliphatic heterocycles. The monoisotopic (exact) mass is 837 g/mol. The summed E-state index contributed by atoms with van der Waals surface area (Å²) in [5.41, 5.74) is 12.9. The molecule has 5 heteroatoms. The zero-order valence-corrected chi connectivity index (χ0v) is 36.1. The molecule has 1 aromatic heterocycles. The second-order valence-electron chi connectivity index (χ2n) is 17.5. The number of aliphatic hydroxyl groups excluding tert-OH is 2. The van der Waals surface area contributed by atoms with Crippen molar-refractivity contribution in [3.05, 3.63) is 186 Å². The van der Waals surface area contributed by atoms with Crippen molar-refractivity contribution in [2.45, 2.75) is 77.0 Å². The van der Waals surface area contributed by atoms with Crippen LogP contribution in [0.5, 0.6) is 0 Å². The van der Waals surface area contributed by atoms with Crippen LogP contribution in [0, 0.1) is 0 Å². The zero-order valence-electron chi connectivity index (χ0n) is 36.1. The molecule has 10 rings (SSSR count). The van der Waals surface area contributed by atoms with E-state index in [-0.39, 0.29) is 23.1 Å². The number of pyridine rings is 1. The van der Waals surface area contributed by atoms with Gasteiger partial charge >= 0.3 is 0 Å². The molecule has 316 valence electrons. The van der Waals surface area contributed by atoms with Crippen molar-refractivity contribution >= 4 is 44.0 Å². The summed E-state index contributed by atoms with van der Waals surface area (Å²) < 4.78 is 0. The van der Waals surface area contributed by atoms with E-state index < -0.39 is 0 Å². The Labute approximate surface area is 374 Å². The summed E-state index contributed by atoms with van der Waals surface area (Å²) in [5, 5.41) is 27.0. The van der Waals surface area contributed by atoms with Gasteiger partial charge in [-0.3, -0.25) is 14.6 Å². The number of carbonyl (C=O) groups is 2. The van der Waals surface area contributed by atoms with Gasteiger partial charge in [-0.15, -0.1) is 0 Å². The van der Waals surface area contributed by atoms with Gasteiger partial charge in [0.2, 0.25) is 0 Å². The van der Waals surface area contributed by atoms with E-state index >= 15 is 0 Å². The number of ketones is 2. The summed E-state index contributed by atoms with van der Waals surface area (Å²) in [5.74, 6) is 0.585. The number of carbonyl (C=O) groups excluding carboxylic acids is 2. The first kappa shape index (κ1) is 40.9. The van der Waals surface area contributed by atoms with Crippen molar-refractivity contribution in [2.75, 3.05) is 0 Å². The van der Waals surface area contributed by atoms with Gasteiger partial charge in [0.15, 0.2) is 11.6 Å². The molecular formula is C59H51NO4. The summed E-state index contributed by atoms with van der Waals surface area (Å²) in [6.07, 6.45) is 9.77. The van der Waals surface area contributed by atoms with Gasteiger partial charge in [0, 0.05) is 53.8 Å². The molecular weight excluding hydrogens is 787 g/mol. The fourth-order valence-corrected chi connectivity index (χ4v) is 10.2. The van der Waals surface area contributed by atoms with Crippen LogP contribution in [0.3, 0.4) is 0 Å². The smallest absolute Gasteiger partial charge is 0.162 e. The van der Waals surface area contributed by atoms with Crippen LogP contribution in [-0.2, 0) is 22.4 Å². The van der Waals surface area contributed by atoms with Gasteiger partial charge in [-0.25, -0.2) is 0 Å². The molecule has 1 heterocycles. The van der Waals surface area contributed by atoms with Gasteiger partial charge in [0.1, 0.15) is 0 Å². The van der Waals surface area contributed by atoms with Gasteiger partial charge < -0.3 is 10.2 Å². The number of benzene rings is 7. The summed E-state index contributed by atoms with van der Waals surface area (Å²) in [6, 6.07) is 51.6. The van der Waals surface area contributed by atoms with Gasteiger partial charge in [0.25, 0.3) is 0 Å². The van der Waals surface area contributed by atoms with E-state index in [1.807, 2.05) is 24.4 Å². The van der Waals surface area contributed by atoms with E-state index in [9.17, 15) is 19.8 Å². The Morgan fingerprint density at radius 1 is 0.422 bits per heavy atom. The minimum absolute atomic E-state index is 0.0306. The third-order valence-corrected chi connectivity index (χ3v) is 13.5. The molecule has 0 amide bonds. The highest BCUT2D eigenvalue weighted by Gasteiger charge is 2.22. The van der Waals surface area contributed by atoms with Crippen molar-refractivity contribution < 1.29 is 19.8 Å². The van der Waals surface area contributed by atoms with E-state index in [1.54, 1.807) is 0 Å². The lowest BCUT2D eigenvalue weighted by molar-refractivity contribution is -0.116. The predicted molar refractivity (Wildman–Crippen MR) is 261 cm³/mol. The Bertz CT molecular complexity index is 3040. The maximum Gasteiger partial charge on any atom is 0.162 e. The third kappa shape index (κ3) is 8.03. The third-order valence-electron chi connectivity index (χ3n) is 13.5. The normalized spacial score (nSPS) is 14.4. The Hall–Kier alpha value is -7.11. The number of hydrogen-bond donors (Lipinski definition) is 2. The Kier molecular flexibility index (Phi) is 11.5. The number of allylic oxidation sites excluding steroid dienone is 4. The second-order valence-corrected chi connectivity index (χ2v) is 17.5. The largest absolute Gasteiger partial charge is 0.512 e. The number of fused-ring (bicyclic) bond motifs is 6. The van der Waals surface area contributed by atoms with Crippen LogP contribution in [0.1, 0.15) is 75.3 Å². The van der Waals surface area contributed by atoms with Crippen LogP contribution in [0.4, 0.5) is 0 Å². The van der Waals surface area contributed by atoms with Crippen molar-refractivity contribution in [1.82, 2.24) is 4.98 Å². The molecule has 0 radical (unpaired) electrons. The Balaban J connectivity index is 1.10. The summed E-state index contributed by atoms with van der Waals surface area (Å²) in [4.78, 5) is 31.9. The van der Waals surface area contributed by atoms with Crippen LogP contribution in [0.2, 0.25) is 0 Å². The lowest BCUT2D eigenvalue weighted by Gasteiger charge is -2.19. The average Bonchev–Trinajstić information content (AvgIpc) is 3.35. The number of rotatable bonds is 12. The topological polar surface area (TPSA) is 87.5 Å². The highest BCUT2D eigenvalue weighted by molar-refractivity contribution is 6.24. The van der Waals surface area contributed by atoms with Crippen molar-refractivity contribution in [2.24, 2.45) is 0 Å². The maximum absolute atomic E-state index is 13.5. The van der Waals surface area contributed by atoms with E-state index in [0.29, 0.717) is 62.5 Å². The molecule has 5 nitrogen and oxygen atoms in total. The average molecular weight is 838 g/mol. The van der Waals surface area contributed by atoms with E-state index in [4.69, 9.17) is 4.98 Å². The molecule has 2 aliphatic rings. The van der Waals surface area contributed by atoms with Gasteiger partial charge in [0.05, 0.1) is 17.0 Å². The molecule has 0 saturated heterocycles. The van der Waals surface area contributed by atoms with Gasteiger partial charge in [-0.2, -0.15) is 0 Å². The molecule has 0 bridgehead atoms. The summed E-state index contributed by atoms with van der Waals surface area (Å²) in [6.45, 7) is 0. The highest BCUT2D eigenvalue weighted by Crippen LogP contribution is 2.42. The SMILES string of the molecule is O=C(CCc1ccccc1-c1cc(-c2ccccc2CCC(=O)C2=C(O)CCCC2)cc(-c2ccccc2-c2ccc3c(c2)c2ccccc2c2cccnc23)c1)C1=C(O)CCCC1. The predicted octanol–water partition coefficient (Wildman–Crippen LogP) is 15.0. The fourth-order valence-electron chi connectivity index (χ4n) is 10.2. The summed E-state index contributed by atoms with van der Waals surface area (Å²) >= 11 is 0. The number of aryl methyl sites for hydroxylation is 2. The Morgan fingerprint density at radius 3 is 1.42 bits per heavy atom. The van der Waals surface area contributed by atoms with Crippen molar-refractivity contribution in [3.63, 3.8) is 0 Å². The first-order valence-corrected chi connectivity index (χ1v) is 22.9. The first-order chi connectivity index (χ1) is 31.4. The van der Waals surface area contributed by atoms with Crippen LogP contribution in [0.15, 0.2) is 174 Å². The Morgan fingerprint density at radius 2 is 0.859 bits per heavy atom. The molecule has 7 aromatic carbocycles. The van der Waals surface area contributed by atoms with Crippen LogP contribution in [0.25, 0.3) is 77.0 Å². The first-order valence-electron chi connectivity index (χ1n) is 22.9. The number of Topliss-reactive ketones (excluding diaryl/α,β-unsaturated/α-hetero) is 2. The minimum Gasteiger partial charge on any atom is -0.512 e. The van der Waals surface area contributed by atoms with Gasteiger partial charge in [-0.1, -0.05) is 115 Å². The number of hydrogen-bond acceptors (Lipinski definition) is 5. The molecule has 0 atom stereocenters. The molecule has 0 spiro atoms. The van der Waals surface area contributed by atoms with Crippen LogP contribution < -0.4 is 0 Å². The van der Waals surface area contributed by atoms with E-state index in [2.05, 4.69) is 127 Å². The minimum atomic E-state index is 0.0306. The number of nitrogens with zero attached hydrogens (tertiary/aromatic N) is 1. The summed E-state index contributed by atoms with van der Waals surface area (Å²) in [7, 11) is 0. The number of aromatic nitrogens is 1. The lowest BCUT2D eigenvalue weighted by atomic mass is 9.85. The fraction of sp³-hybridized carbons (Fsp3) is 0.203. The molecule has 0 unspecified atom stereocenters. The van der Waals surface area contributed by atoms with Gasteiger partial charge in [-0.05, 0) is 153 Å². The molecule has 2 aliphatic carbocycles. The van der Waals surface area contributed by atoms with Crippen LogP contribution >= 0.6 is 0 Å². The lowest BCUT2D eigenvalue weighted by Crippen LogP contribution is -2.11. The van der Waals surface area contributed by atoms with Crippen LogP contribution in [-0.4, -0.2) is 26.8 Å². The zero-order chi connectivity index (χ0) is 43.6. The second kappa shape index (κ2) is 17.9. The maximum atomic E-state index is 13.5. The molecule has 0 fully saturated rings. The molecule has 0 saturated carbocycles. The molecule has 64 heavy (non-hydrogen) atoms. The molecule has 8 aromatic rings. The highest BCUT2D eigenvalue weighted by atomic mass is 16.3. The number of aliphatic hydroxyl groups is 2. The van der Waals surface area contributed by atoms with E-state index in [0.717, 1.165) is 103 Å². The van der Waals surface area contributed by atoms with Crippen molar-refractivity contribution in [1.29, 1.82) is 0 Å². The van der Waals surface area contributed by atoms with E-state index in [1.165, 1.54) is 10.8 Å². The standard InChI is InChI=1S/C59H51NO4/c61-55-25-11-9-22-52(55)57(63)31-28-38-14-1-3-16-44(38)41-34-42(45-17-4-2-15-39(45)29-32-58(64)53-23-10-12-26-56(53)62)36-43(35-41)47-19-6-5-18-46(47)40-27-30-51-54(37-40)49-21-8-7-20-48(49)50-24-13-33-60-59(50)51/h1-8,13-21,24,27,30,33-37,61-62H,9-12,22-23,25-26,28-29,31-32H2. The van der Waals surface area contributed by atoms with Crippen molar-refractivity contribution in [3.8, 4) is 44.5 Å².